The molecule has 0 aliphatic rings. The van der Waals surface area contributed by atoms with E-state index in [1.807, 2.05) is 13.0 Å². The van der Waals surface area contributed by atoms with Gasteiger partial charge in [-0.3, -0.25) is 4.79 Å². The number of hydrogen-bond acceptors (Lipinski definition) is 2. The lowest BCUT2D eigenvalue weighted by molar-refractivity contribution is -0.146. The van der Waals surface area contributed by atoms with E-state index in [4.69, 9.17) is 16.7 Å². The summed E-state index contributed by atoms with van der Waals surface area (Å²) in [5.41, 5.74) is 0.436. The number of amides is 2. The van der Waals surface area contributed by atoms with Gasteiger partial charge in [0.15, 0.2) is 0 Å². The number of carboxylic acid groups (broad SMARTS) is 1. The summed E-state index contributed by atoms with van der Waals surface area (Å²) in [5.74, 6) is -0.971. The Morgan fingerprint density at radius 3 is 2.58 bits per heavy atom. The number of benzene rings is 1. The summed E-state index contributed by atoms with van der Waals surface area (Å²) in [6.45, 7) is 4.98. The Kier molecular flexibility index (Phi) is 4.78. The van der Waals surface area contributed by atoms with Crippen molar-refractivity contribution < 1.29 is 14.7 Å². The van der Waals surface area contributed by atoms with Crippen LogP contribution in [-0.4, -0.2) is 23.7 Å². The van der Waals surface area contributed by atoms with E-state index in [1.54, 1.807) is 12.1 Å². The summed E-state index contributed by atoms with van der Waals surface area (Å²) in [4.78, 5) is 22.6. The minimum atomic E-state index is -1.02. The molecule has 0 spiro atoms. The Hall–Kier alpha value is -1.75. The Morgan fingerprint density at radius 1 is 1.37 bits per heavy atom. The first-order valence-corrected chi connectivity index (χ1v) is 6.14. The number of anilines is 1. The Bertz CT molecular complexity index is 501. The van der Waals surface area contributed by atoms with Crippen LogP contribution in [0, 0.1) is 12.3 Å². The van der Waals surface area contributed by atoms with Gasteiger partial charge in [0.25, 0.3) is 0 Å². The number of carbonyl (C=O) groups excluding carboxylic acids is 1. The first-order chi connectivity index (χ1) is 8.72. The van der Waals surface area contributed by atoms with Gasteiger partial charge in [-0.15, -0.1) is 0 Å². The lowest BCUT2D eigenvalue weighted by Crippen LogP contribution is -2.40. The largest absolute Gasteiger partial charge is 0.481 e. The molecular weight excluding hydrogens is 268 g/mol. The minimum absolute atomic E-state index is 0.0254. The third-order valence-corrected chi connectivity index (χ3v) is 2.97. The molecule has 1 aromatic carbocycles. The number of hydrogen-bond donors (Lipinski definition) is 3. The van der Waals surface area contributed by atoms with E-state index >= 15 is 0 Å². The number of carboxylic acids is 1. The molecule has 1 aromatic rings. The molecule has 0 aromatic heterocycles. The van der Waals surface area contributed by atoms with Crippen molar-refractivity contribution in [2.24, 2.45) is 5.41 Å². The van der Waals surface area contributed by atoms with E-state index in [0.29, 0.717) is 10.7 Å². The maximum Gasteiger partial charge on any atom is 0.319 e. The monoisotopic (exact) mass is 284 g/mol. The molecule has 2 amide bonds. The van der Waals surface area contributed by atoms with Crippen LogP contribution in [0.2, 0.25) is 5.02 Å². The zero-order chi connectivity index (χ0) is 14.6. The van der Waals surface area contributed by atoms with Crippen LogP contribution in [0.4, 0.5) is 10.5 Å². The fourth-order valence-corrected chi connectivity index (χ4v) is 1.44. The molecule has 0 aliphatic carbocycles. The van der Waals surface area contributed by atoms with Crippen LogP contribution in [0.5, 0.6) is 0 Å². The number of rotatable bonds is 4. The normalized spacial score (nSPS) is 10.9. The van der Waals surface area contributed by atoms with Crippen molar-refractivity contribution in [1.29, 1.82) is 0 Å². The van der Waals surface area contributed by atoms with Gasteiger partial charge in [-0.05, 0) is 38.5 Å². The quantitative estimate of drug-likeness (QED) is 0.795. The highest BCUT2D eigenvalue weighted by Gasteiger charge is 2.27. The van der Waals surface area contributed by atoms with E-state index in [1.165, 1.54) is 13.8 Å². The summed E-state index contributed by atoms with van der Waals surface area (Å²) in [5, 5.41) is 14.5. The third-order valence-electron chi connectivity index (χ3n) is 2.64. The van der Waals surface area contributed by atoms with E-state index in [0.717, 1.165) is 5.56 Å². The lowest BCUT2D eigenvalue weighted by atomic mass is 9.94. The molecule has 0 aliphatic heterocycles. The van der Waals surface area contributed by atoms with E-state index in [9.17, 15) is 9.59 Å². The van der Waals surface area contributed by atoms with Crippen LogP contribution in [-0.2, 0) is 4.79 Å². The molecule has 0 radical (unpaired) electrons. The fourth-order valence-electron chi connectivity index (χ4n) is 1.28. The van der Waals surface area contributed by atoms with E-state index in [-0.39, 0.29) is 6.54 Å². The van der Waals surface area contributed by atoms with Gasteiger partial charge < -0.3 is 15.7 Å². The van der Waals surface area contributed by atoms with Crippen molar-refractivity contribution in [2.75, 3.05) is 11.9 Å². The maximum atomic E-state index is 11.7. The van der Waals surface area contributed by atoms with Gasteiger partial charge in [-0.25, -0.2) is 4.79 Å². The molecule has 0 atom stereocenters. The van der Waals surface area contributed by atoms with Gasteiger partial charge in [0.05, 0.1) is 16.1 Å². The van der Waals surface area contributed by atoms with Gasteiger partial charge >= 0.3 is 12.0 Å². The second-order valence-electron chi connectivity index (χ2n) is 4.98. The molecule has 3 N–H and O–H groups in total. The van der Waals surface area contributed by atoms with Crippen molar-refractivity contribution in [2.45, 2.75) is 20.8 Å². The topological polar surface area (TPSA) is 78.4 Å². The maximum absolute atomic E-state index is 11.7. The number of nitrogens with one attached hydrogen (secondary N) is 2. The standard InChI is InChI=1S/C13H17ClN2O3/c1-8-4-5-9(14)10(6-8)16-12(19)15-7-13(2,3)11(17)18/h4-6H,7H2,1-3H3,(H,17,18)(H2,15,16,19). The van der Waals surface area contributed by atoms with Crippen LogP contribution in [0.15, 0.2) is 18.2 Å². The Balaban J connectivity index is 2.61. The zero-order valence-corrected chi connectivity index (χ0v) is 11.8. The number of aliphatic carboxylic acids is 1. The number of urea groups is 1. The molecule has 104 valence electrons. The molecule has 0 saturated carbocycles. The second-order valence-corrected chi connectivity index (χ2v) is 5.39. The van der Waals surface area contributed by atoms with Crippen molar-refractivity contribution in [1.82, 2.24) is 5.32 Å². The predicted octanol–water partition coefficient (Wildman–Crippen LogP) is 2.88. The summed E-state index contributed by atoms with van der Waals surface area (Å²) < 4.78 is 0. The van der Waals surface area contributed by atoms with Crippen molar-refractivity contribution >= 4 is 29.3 Å². The van der Waals surface area contributed by atoms with Gasteiger partial charge in [-0.2, -0.15) is 0 Å². The van der Waals surface area contributed by atoms with Crippen molar-refractivity contribution in [3.05, 3.63) is 28.8 Å². The highest BCUT2D eigenvalue weighted by Crippen LogP contribution is 2.22. The molecule has 0 saturated heterocycles. The second kappa shape index (κ2) is 5.93. The zero-order valence-electron chi connectivity index (χ0n) is 11.1. The Morgan fingerprint density at radius 2 is 2.00 bits per heavy atom. The molecule has 0 heterocycles. The molecule has 0 bridgehead atoms. The molecule has 1 rings (SSSR count). The smallest absolute Gasteiger partial charge is 0.319 e. The summed E-state index contributed by atoms with van der Waals surface area (Å²) in [7, 11) is 0. The Labute approximate surface area is 117 Å². The fraction of sp³-hybridized carbons (Fsp3) is 0.385. The van der Waals surface area contributed by atoms with Crippen molar-refractivity contribution in [3.63, 3.8) is 0 Å². The molecule has 5 nitrogen and oxygen atoms in total. The van der Waals surface area contributed by atoms with Gasteiger partial charge in [0, 0.05) is 6.54 Å². The highest BCUT2D eigenvalue weighted by molar-refractivity contribution is 6.33. The SMILES string of the molecule is Cc1ccc(Cl)c(NC(=O)NCC(C)(C)C(=O)O)c1. The van der Waals surface area contributed by atoms with Crippen molar-refractivity contribution in [3.8, 4) is 0 Å². The number of halogens is 1. The summed E-state index contributed by atoms with van der Waals surface area (Å²) >= 11 is 5.94. The minimum Gasteiger partial charge on any atom is -0.481 e. The lowest BCUT2D eigenvalue weighted by Gasteiger charge is -2.19. The molecule has 0 fully saturated rings. The van der Waals surface area contributed by atoms with Gasteiger partial charge in [-0.1, -0.05) is 17.7 Å². The molecule has 6 heteroatoms. The van der Waals surface area contributed by atoms with Crippen LogP contribution in [0.25, 0.3) is 0 Å². The van der Waals surface area contributed by atoms with Crippen LogP contribution >= 0.6 is 11.6 Å². The molecular formula is C13H17ClN2O3. The summed E-state index contributed by atoms with van der Waals surface area (Å²) in [6.07, 6.45) is 0. The predicted molar refractivity (Wildman–Crippen MR) is 74.6 cm³/mol. The van der Waals surface area contributed by atoms with Crippen LogP contribution in [0.1, 0.15) is 19.4 Å². The molecule has 0 unspecified atom stereocenters. The molecule has 19 heavy (non-hydrogen) atoms. The average Bonchev–Trinajstić information content (AvgIpc) is 2.31. The first-order valence-electron chi connectivity index (χ1n) is 5.77. The number of aryl methyl sites for hydroxylation is 1. The summed E-state index contributed by atoms with van der Waals surface area (Å²) in [6, 6.07) is 4.78. The highest BCUT2D eigenvalue weighted by atomic mass is 35.5. The van der Waals surface area contributed by atoms with Crippen LogP contribution in [0.3, 0.4) is 0 Å². The number of carbonyl (C=O) groups is 2. The van der Waals surface area contributed by atoms with E-state index in [2.05, 4.69) is 10.6 Å². The van der Waals surface area contributed by atoms with Crippen LogP contribution < -0.4 is 10.6 Å². The van der Waals surface area contributed by atoms with Gasteiger partial charge in [0.1, 0.15) is 0 Å². The third kappa shape index (κ3) is 4.44. The van der Waals surface area contributed by atoms with Gasteiger partial charge in [0.2, 0.25) is 0 Å². The average molecular weight is 285 g/mol. The first kappa shape index (κ1) is 15.3. The van der Waals surface area contributed by atoms with E-state index < -0.39 is 17.4 Å².